The minimum absolute atomic E-state index is 0.128. The van der Waals surface area contributed by atoms with Crippen molar-refractivity contribution in [2.75, 3.05) is 46.5 Å². The van der Waals surface area contributed by atoms with Gasteiger partial charge < -0.3 is 19.7 Å². The molecule has 0 unspecified atom stereocenters. The van der Waals surface area contributed by atoms with Crippen molar-refractivity contribution in [1.29, 1.82) is 0 Å². The average Bonchev–Trinajstić information content (AvgIpc) is 2.40. The van der Waals surface area contributed by atoms with Crippen molar-refractivity contribution >= 4 is 5.91 Å². The van der Waals surface area contributed by atoms with Crippen LogP contribution in [0.1, 0.15) is 26.2 Å². The predicted octanol–water partition coefficient (Wildman–Crippen LogP) is 0.640. The smallest absolute Gasteiger partial charge is 0.224 e. The topological polar surface area (TPSA) is 50.8 Å². The van der Waals surface area contributed by atoms with Crippen LogP contribution < -0.4 is 5.32 Å². The summed E-state index contributed by atoms with van der Waals surface area (Å²) in [5.41, 5.74) is 0. The van der Waals surface area contributed by atoms with Gasteiger partial charge in [0, 0.05) is 20.2 Å². The molecule has 1 aliphatic rings. The Kier molecular flexibility index (Phi) is 7.96. The monoisotopic (exact) mass is 258 g/mol. The molecule has 1 heterocycles. The molecule has 1 aliphatic heterocycles. The quantitative estimate of drug-likeness (QED) is 0.649. The summed E-state index contributed by atoms with van der Waals surface area (Å²) >= 11 is 0. The van der Waals surface area contributed by atoms with E-state index in [1.165, 1.54) is 0 Å². The van der Waals surface area contributed by atoms with Gasteiger partial charge in [0.2, 0.25) is 5.91 Å². The molecule has 0 spiro atoms. The Morgan fingerprint density at radius 1 is 1.33 bits per heavy atom. The number of likely N-dealkylation sites (N-methyl/N-ethyl adjacent to an activating group) is 1. The van der Waals surface area contributed by atoms with E-state index >= 15 is 0 Å². The third-order valence-electron chi connectivity index (χ3n) is 3.16. The lowest BCUT2D eigenvalue weighted by Gasteiger charge is -2.23. The second kappa shape index (κ2) is 9.30. The Morgan fingerprint density at radius 3 is 2.72 bits per heavy atom. The molecule has 18 heavy (non-hydrogen) atoms. The maximum Gasteiger partial charge on any atom is 0.224 e. The lowest BCUT2D eigenvalue weighted by molar-refractivity contribution is -0.132. The summed E-state index contributed by atoms with van der Waals surface area (Å²) < 4.78 is 10.9. The summed E-state index contributed by atoms with van der Waals surface area (Å²) in [5.74, 6) is 0.128. The summed E-state index contributed by atoms with van der Waals surface area (Å²) in [6.45, 7) is 6.48. The third kappa shape index (κ3) is 6.33. The molecule has 0 radical (unpaired) electrons. The van der Waals surface area contributed by atoms with E-state index in [1.807, 2.05) is 14.0 Å². The molecule has 0 bridgehead atoms. The SMILES string of the molecule is CCOCCN(C)C(=O)CCOC1CCNCC1. The normalized spacial score (nSPS) is 16.8. The molecular weight excluding hydrogens is 232 g/mol. The standard InChI is InChI=1S/C13H26N2O3/c1-3-17-11-9-15(2)13(16)6-10-18-12-4-7-14-8-5-12/h12,14H,3-11H2,1-2H3. The lowest BCUT2D eigenvalue weighted by atomic mass is 10.1. The van der Waals surface area contributed by atoms with E-state index in [9.17, 15) is 4.79 Å². The Bertz CT molecular complexity index is 230. The van der Waals surface area contributed by atoms with E-state index in [4.69, 9.17) is 9.47 Å². The largest absolute Gasteiger partial charge is 0.380 e. The van der Waals surface area contributed by atoms with Crippen LogP contribution in [-0.2, 0) is 14.3 Å². The molecule has 5 nitrogen and oxygen atoms in total. The zero-order valence-corrected chi connectivity index (χ0v) is 11.6. The number of nitrogens with zero attached hydrogens (tertiary/aromatic N) is 1. The van der Waals surface area contributed by atoms with Crippen LogP contribution in [0.2, 0.25) is 0 Å². The van der Waals surface area contributed by atoms with Crippen molar-refractivity contribution < 1.29 is 14.3 Å². The second-order valence-electron chi connectivity index (χ2n) is 4.58. The van der Waals surface area contributed by atoms with Crippen molar-refractivity contribution in [2.24, 2.45) is 0 Å². The van der Waals surface area contributed by atoms with Crippen LogP contribution in [0, 0.1) is 0 Å². The minimum Gasteiger partial charge on any atom is -0.380 e. The number of ether oxygens (including phenoxy) is 2. The number of rotatable bonds is 8. The fourth-order valence-corrected chi connectivity index (χ4v) is 1.94. The number of carbonyl (C=O) groups excluding carboxylic acids is 1. The fraction of sp³-hybridized carbons (Fsp3) is 0.923. The third-order valence-corrected chi connectivity index (χ3v) is 3.16. The summed E-state index contributed by atoms with van der Waals surface area (Å²) in [6, 6.07) is 0. The van der Waals surface area contributed by atoms with Crippen molar-refractivity contribution in [3.05, 3.63) is 0 Å². The van der Waals surface area contributed by atoms with Gasteiger partial charge in [0.25, 0.3) is 0 Å². The molecule has 1 saturated heterocycles. The van der Waals surface area contributed by atoms with Gasteiger partial charge in [-0.1, -0.05) is 0 Å². The number of amides is 1. The predicted molar refractivity (Wildman–Crippen MR) is 70.6 cm³/mol. The molecular formula is C13H26N2O3. The van der Waals surface area contributed by atoms with Crippen molar-refractivity contribution in [3.63, 3.8) is 0 Å². The highest BCUT2D eigenvalue weighted by molar-refractivity contribution is 5.75. The molecule has 0 aliphatic carbocycles. The Balaban J connectivity index is 2.04. The first-order chi connectivity index (χ1) is 8.74. The average molecular weight is 258 g/mol. The highest BCUT2D eigenvalue weighted by Gasteiger charge is 2.14. The molecule has 0 atom stereocenters. The molecule has 5 heteroatoms. The first kappa shape index (κ1) is 15.4. The van der Waals surface area contributed by atoms with Gasteiger partial charge >= 0.3 is 0 Å². The van der Waals surface area contributed by atoms with Crippen LogP contribution in [0.3, 0.4) is 0 Å². The number of carbonyl (C=O) groups is 1. The zero-order valence-electron chi connectivity index (χ0n) is 11.6. The molecule has 0 aromatic rings. The van der Waals surface area contributed by atoms with Crippen LogP contribution >= 0.6 is 0 Å². The highest BCUT2D eigenvalue weighted by atomic mass is 16.5. The van der Waals surface area contributed by atoms with E-state index in [2.05, 4.69) is 5.32 Å². The van der Waals surface area contributed by atoms with E-state index in [1.54, 1.807) is 4.90 Å². The fourth-order valence-electron chi connectivity index (χ4n) is 1.94. The van der Waals surface area contributed by atoms with Gasteiger partial charge in [0.15, 0.2) is 0 Å². The summed E-state index contributed by atoms with van der Waals surface area (Å²) in [7, 11) is 1.81. The van der Waals surface area contributed by atoms with E-state index in [0.29, 0.717) is 38.9 Å². The minimum atomic E-state index is 0.128. The summed E-state index contributed by atoms with van der Waals surface area (Å²) in [5, 5.41) is 3.29. The van der Waals surface area contributed by atoms with Crippen LogP contribution in [-0.4, -0.2) is 63.4 Å². The van der Waals surface area contributed by atoms with Crippen molar-refractivity contribution in [3.8, 4) is 0 Å². The van der Waals surface area contributed by atoms with E-state index in [0.717, 1.165) is 25.9 Å². The van der Waals surface area contributed by atoms with Crippen LogP contribution in [0.5, 0.6) is 0 Å². The maximum atomic E-state index is 11.8. The first-order valence-electron chi connectivity index (χ1n) is 6.88. The van der Waals surface area contributed by atoms with Crippen LogP contribution in [0.25, 0.3) is 0 Å². The van der Waals surface area contributed by atoms with Crippen molar-refractivity contribution in [1.82, 2.24) is 10.2 Å². The Morgan fingerprint density at radius 2 is 2.06 bits per heavy atom. The molecule has 106 valence electrons. The lowest BCUT2D eigenvalue weighted by Crippen LogP contribution is -2.34. The molecule has 1 amide bonds. The number of hydrogen-bond donors (Lipinski definition) is 1. The van der Waals surface area contributed by atoms with Gasteiger partial charge in [0.05, 0.1) is 25.7 Å². The zero-order chi connectivity index (χ0) is 13.2. The first-order valence-corrected chi connectivity index (χ1v) is 6.88. The Labute approximate surface area is 110 Å². The molecule has 0 saturated carbocycles. The van der Waals surface area contributed by atoms with Gasteiger partial charge in [0.1, 0.15) is 0 Å². The van der Waals surface area contributed by atoms with Crippen LogP contribution in [0.4, 0.5) is 0 Å². The van der Waals surface area contributed by atoms with E-state index < -0.39 is 0 Å². The highest BCUT2D eigenvalue weighted by Crippen LogP contribution is 2.07. The van der Waals surface area contributed by atoms with Gasteiger partial charge in [-0.05, 0) is 32.9 Å². The Hall–Kier alpha value is -0.650. The molecule has 1 N–H and O–H groups in total. The summed E-state index contributed by atoms with van der Waals surface area (Å²) in [4.78, 5) is 13.5. The maximum absolute atomic E-state index is 11.8. The van der Waals surface area contributed by atoms with Crippen LogP contribution in [0.15, 0.2) is 0 Å². The van der Waals surface area contributed by atoms with Gasteiger partial charge in [-0.15, -0.1) is 0 Å². The molecule has 0 aromatic carbocycles. The number of nitrogens with one attached hydrogen (secondary N) is 1. The van der Waals surface area contributed by atoms with Gasteiger partial charge in [-0.2, -0.15) is 0 Å². The summed E-state index contributed by atoms with van der Waals surface area (Å²) in [6.07, 6.45) is 2.89. The van der Waals surface area contributed by atoms with E-state index in [-0.39, 0.29) is 5.91 Å². The second-order valence-corrected chi connectivity index (χ2v) is 4.58. The molecule has 1 rings (SSSR count). The van der Waals surface area contributed by atoms with Crippen molar-refractivity contribution in [2.45, 2.75) is 32.3 Å². The number of hydrogen-bond acceptors (Lipinski definition) is 4. The molecule has 0 aromatic heterocycles. The molecule has 1 fully saturated rings. The van der Waals surface area contributed by atoms with Gasteiger partial charge in [-0.3, -0.25) is 4.79 Å². The van der Waals surface area contributed by atoms with Gasteiger partial charge in [-0.25, -0.2) is 0 Å². The number of piperidine rings is 1.